The van der Waals surface area contributed by atoms with Crippen LogP contribution in [-0.2, 0) is 9.59 Å². The Hall–Kier alpha value is -1.61. The first-order valence-electron chi connectivity index (χ1n) is 3.42. The monoisotopic (exact) mass is 169 g/mol. The Bertz CT molecular complexity index is 267. The van der Waals surface area contributed by atoms with E-state index in [0.29, 0.717) is 19.1 Å². The Morgan fingerprint density at radius 2 is 2.42 bits per heavy atom. The van der Waals surface area contributed by atoms with Gasteiger partial charge in [0.25, 0.3) is 0 Å². The van der Waals surface area contributed by atoms with Crippen molar-refractivity contribution in [3.8, 4) is 0 Å². The standard InChI is InChI=1S/C7H7NO4/c9-3-5-1-2-6(4-10)8(5)7(11)12/h3,5H,1-2H2,(H,11,12)/t5-/m0/s1. The van der Waals surface area contributed by atoms with Crippen LogP contribution in [0.2, 0.25) is 0 Å². The molecule has 1 heterocycles. The van der Waals surface area contributed by atoms with Crippen LogP contribution in [0.25, 0.3) is 0 Å². The summed E-state index contributed by atoms with van der Waals surface area (Å²) >= 11 is 0. The molecule has 1 N–H and O–H groups in total. The molecule has 1 saturated heterocycles. The first-order valence-corrected chi connectivity index (χ1v) is 3.42. The second-order valence-corrected chi connectivity index (χ2v) is 2.44. The van der Waals surface area contributed by atoms with E-state index in [9.17, 15) is 14.4 Å². The van der Waals surface area contributed by atoms with Gasteiger partial charge in [-0.15, -0.1) is 0 Å². The molecule has 1 aliphatic rings. The number of likely N-dealkylation sites (tertiary alicyclic amines) is 1. The van der Waals surface area contributed by atoms with Crippen LogP contribution >= 0.6 is 0 Å². The Balaban J connectivity index is 2.94. The molecule has 12 heavy (non-hydrogen) atoms. The molecule has 0 bridgehead atoms. The van der Waals surface area contributed by atoms with Crippen LogP contribution in [0.4, 0.5) is 4.79 Å². The third-order valence-corrected chi connectivity index (χ3v) is 1.78. The van der Waals surface area contributed by atoms with Gasteiger partial charge in [-0.05, 0) is 6.42 Å². The average molecular weight is 169 g/mol. The molecule has 5 nitrogen and oxygen atoms in total. The van der Waals surface area contributed by atoms with Crippen LogP contribution in [0.3, 0.4) is 0 Å². The van der Waals surface area contributed by atoms with Gasteiger partial charge in [-0.3, -0.25) is 4.90 Å². The molecule has 0 aromatic rings. The van der Waals surface area contributed by atoms with Gasteiger partial charge >= 0.3 is 6.09 Å². The van der Waals surface area contributed by atoms with Crippen molar-refractivity contribution in [1.29, 1.82) is 0 Å². The van der Waals surface area contributed by atoms with Gasteiger partial charge < -0.3 is 9.90 Å². The molecule has 64 valence electrons. The summed E-state index contributed by atoms with van der Waals surface area (Å²) in [7, 11) is 0. The third kappa shape index (κ3) is 1.22. The zero-order valence-electron chi connectivity index (χ0n) is 6.19. The summed E-state index contributed by atoms with van der Waals surface area (Å²) in [5.41, 5.74) is 0.0413. The van der Waals surface area contributed by atoms with Crippen LogP contribution < -0.4 is 0 Å². The summed E-state index contributed by atoms with van der Waals surface area (Å²) in [6, 6.07) is -0.709. The fourth-order valence-corrected chi connectivity index (χ4v) is 1.22. The SMILES string of the molecule is O=C=C1CC[C@@H](C=O)N1C(=O)O. The summed E-state index contributed by atoms with van der Waals surface area (Å²) in [5.74, 6) is 1.51. The molecule has 0 radical (unpaired) electrons. The predicted octanol–water partition coefficient (Wildman–Crippen LogP) is 0.0432. The number of amides is 1. The first-order chi connectivity index (χ1) is 5.70. The second-order valence-electron chi connectivity index (χ2n) is 2.44. The summed E-state index contributed by atoms with van der Waals surface area (Å²) in [4.78, 5) is 31.8. The topological polar surface area (TPSA) is 74.7 Å². The zero-order chi connectivity index (χ0) is 9.14. The number of allylic oxidation sites excluding steroid dienone is 1. The van der Waals surface area contributed by atoms with Gasteiger partial charge in [0.2, 0.25) is 0 Å². The normalized spacial score (nSPS) is 22.2. The van der Waals surface area contributed by atoms with Gasteiger partial charge in [0, 0.05) is 6.42 Å². The van der Waals surface area contributed by atoms with E-state index in [-0.39, 0.29) is 5.70 Å². The quantitative estimate of drug-likeness (QED) is 0.444. The Labute approximate surface area is 68.3 Å². The number of aldehydes is 1. The number of hydrogen-bond donors (Lipinski definition) is 1. The van der Waals surface area contributed by atoms with Crippen LogP contribution in [0, 0.1) is 0 Å². The fraction of sp³-hybridized carbons (Fsp3) is 0.429. The highest BCUT2D eigenvalue weighted by Gasteiger charge is 2.33. The van der Waals surface area contributed by atoms with Crippen molar-refractivity contribution in [2.24, 2.45) is 0 Å². The lowest BCUT2D eigenvalue weighted by atomic mass is 10.2. The van der Waals surface area contributed by atoms with E-state index in [0.717, 1.165) is 4.90 Å². The highest BCUT2D eigenvalue weighted by atomic mass is 16.4. The minimum absolute atomic E-state index is 0.0413. The molecule has 1 amide bonds. The third-order valence-electron chi connectivity index (χ3n) is 1.78. The average Bonchev–Trinajstić information content (AvgIpc) is 2.46. The van der Waals surface area contributed by atoms with Gasteiger partial charge in [0.1, 0.15) is 17.9 Å². The van der Waals surface area contributed by atoms with E-state index < -0.39 is 12.1 Å². The molecule has 1 rings (SSSR count). The van der Waals surface area contributed by atoms with Gasteiger partial charge in [0.05, 0.1) is 6.04 Å². The highest BCUT2D eigenvalue weighted by molar-refractivity contribution is 5.78. The molecule has 0 unspecified atom stereocenters. The number of nitrogens with zero attached hydrogens (tertiary/aromatic N) is 1. The van der Waals surface area contributed by atoms with E-state index in [4.69, 9.17) is 5.11 Å². The summed E-state index contributed by atoms with van der Waals surface area (Å²) in [6.45, 7) is 0. The van der Waals surface area contributed by atoms with E-state index in [1.54, 1.807) is 0 Å². The Kier molecular flexibility index (Phi) is 2.26. The van der Waals surface area contributed by atoms with Gasteiger partial charge in [0.15, 0.2) is 0 Å². The molecule has 5 heteroatoms. The van der Waals surface area contributed by atoms with Crippen LogP contribution in [0.5, 0.6) is 0 Å². The number of rotatable bonds is 1. The van der Waals surface area contributed by atoms with Crippen molar-refractivity contribution in [1.82, 2.24) is 4.90 Å². The van der Waals surface area contributed by atoms with E-state index in [2.05, 4.69) is 0 Å². The molecular weight excluding hydrogens is 162 g/mol. The molecule has 0 aromatic carbocycles. The van der Waals surface area contributed by atoms with Crippen molar-refractivity contribution in [2.75, 3.05) is 0 Å². The number of hydrogen-bond acceptors (Lipinski definition) is 3. The van der Waals surface area contributed by atoms with E-state index in [1.807, 2.05) is 0 Å². The second kappa shape index (κ2) is 3.19. The lowest BCUT2D eigenvalue weighted by molar-refractivity contribution is -0.110. The number of carbonyl (C=O) groups is 2. The minimum atomic E-state index is -1.28. The first kappa shape index (κ1) is 8.49. The van der Waals surface area contributed by atoms with Crippen LogP contribution in [0.15, 0.2) is 5.70 Å². The lowest BCUT2D eigenvalue weighted by Gasteiger charge is -2.14. The predicted molar refractivity (Wildman–Crippen MR) is 38.2 cm³/mol. The van der Waals surface area contributed by atoms with Crippen LogP contribution in [-0.4, -0.2) is 34.4 Å². The maximum Gasteiger partial charge on any atom is 0.412 e. The number of carbonyl (C=O) groups excluding carboxylic acids is 2. The molecular formula is C7H7NO4. The van der Waals surface area contributed by atoms with Crippen molar-refractivity contribution in [3.63, 3.8) is 0 Å². The largest absolute Gasteiger partial charge is 0.465 e. The lowest BCUT2D eigenvalue weighted by Crippen LogP contribution is -2.34. The van der Waals surface area contributed by atoms with Crippen molar-refractivity contribution in [3.05, 3.63) is 5.70 Å². The molecule has 0 aromatic heterocycles. The maximum absolute atomic E-state index is 10.5. The van der Waals surface area contributed by atoms with E-state index >= 15 is 0 Å². The van der Waals surface area contributed by atoms with Crippen molar-refractivity contribution >= 4 is 18.3 Å². The van der Waals surface area contributed by atoms with Gasteiger partial charge in [-0.1, -0.05) is 0 Å². The summed E-state index contributed by atoms with van der Waals surface area (Å²) < 4.78 is 0. The fourth-order valence-electron chi connectivity index (χ4n) is 1.22. The number of carboxylic acid groups (broad SMARTS) is 1. The smallest absolute Gasteiger partial charge is 0.412 e. The van der Waals surface area contributed by atoms with Crippen molar-refractivity contribution in [2.45, 2.75) is 18.9 Å². The van der Waals surface area contributed by atoms with Gasteiger partial charge in [-0.2, -0.15) is 0 Å². The Morgan fingerprint density at radius 3 is 2.83 bits per heavy atom. The van der Waals surface area contributed by atoms with E-state index in [1.165, 1.54) is 5.94 Å². The molecule has 1 aliphatic heterocycles. The molecule has 0 saturated carbocycles. The summed E-state index contributed by atoms with van der Waals surface area (Å²) in [5, 5.41) is 8.58. The molecule has 0 aliphatic carbocycles. The molecule has 1 fully saturated rings. The zero-order valence-corrected chi connectivity index (χ0v) is 6.19. The highest BCUT2D eigenvalue weighted by Crippen LogP contribution is 2.23. The molecule has 1 atom stereocenters. The summed E-state index contributed by atoms with van der Waals surface area (Å²) in [6.07, 6.45) is -0.0687. The van der Waals surface area contributed by atoms with Crippen LogP contribution in [0.1, 0.15) is 12.8 Å². The molecule has 0 spiro atoms. The Morgan fingerprint density at radius 1 is 1.75 bits per heavy atom. The maximum atomic E-state index is 10.5. The van der Waals surface area contributed by atoms with Crippen molar-refractivity contribution < 1.29 is 19.5 Å². The minimum Gasteiger partial charge on any atom is -0.465 e. The van der Waals surface area contributed by atoms with Gasteiger partial charge in [-0.25, -0.2) is 9.59 Å².